The summed E-state index contributed by atoms with van der Waals surface area (Å²) in [5.41, 5.74) is 0.447. The molecule has 0 saturated heterocycles. The lowest BCUT2D eigenvalue weighted by atomic mass is 9.94. The lowest BCUT2D eigenvalue weighted by molar-refractivity contribution is -0.120. The van der Waals surface area contributed by atoms with Crippen molar-refractivity contribution in [1.82, 2.24) is 4.90 Å². The Kier molecular flexibility index (Phi) is 7.17. The molecule has 0 unspecified atom stereocenters. The number of nitrogens with zero attached hydrogens (tertiary/aromatic N) is 1. The fraction of sp³-hybridized carbons (Fsp3) is 0.500. The molecule has 0 heterocycles. The summed E-state index contributed by atoms with van der Waals surface area (Å²) in [6, 6.07) is 10.2. The molecule has 1 rings (SSSR count). The highest BCUT2D eigenvalue weighted by atomic mass is 16.3. The minimum absolute atomic E-state index is 0.169. The van der Waals surface area contributed by atoms with Gasteiger partial charge in [0.15, 0.2) is 0 Å². The topological polar surface area (TPSA) is 40.5 Å². The van der Waals surface area contributed by atoms with Crippen molar-refractivity contribution in [2.24, 2.45) is 0 Å². The van der Waals surface area contributed by atoms with Crippen molar-refractivity contribution in [2.75, 3.05) is 0 Å². The highest BCUT2D eigenvalue weighted by Gasteiger charge is 2.19. The minimum Gasteiger partial charge on any atom is -0.390 e. The second-order valence-electron chi connectivity index (χ2n) is 5.99. The molecule has 1 aromatic carbocycles. The number of amides is 1. The third kappa shape index (κ3) is 6.58. The largest absolute Gasteiger partial charge is 0.390 e. The zero-order valence-corrected chi connectivity index (χ0v) is 13.2. The molecule has 0 aliphatic heterocycles. The monoisotopic (exact) mass is 289 g/mol. The Morgan fingerprint density at radius 2 is 2.05 bits per heavy atom. The fourth-order valence-corrected chi connectivity index (χ4v) is 2.45. The van der Waals surface area contributed by atoms with E-state index in [4.69, 9.17) is 0 Å². The Morgan fingerprint density at radius 1 is 1.38 bits per heavy atom. The van der Waals surface area contributed by atoms with E-state index in [9.17, 15) is 9.90 Å². The summed E-state index contributed by atoms with van der Waals surface area (Å²) in [7, 11) is 0. The molecule has 1 aromatic rings. The van der Waals surface area contributed by atoms with Gasteiger partial charge in [0.05, 0.1) is 5.60 Å². The average Bonchev–Trinajstić information content (AvgIpc) is 2.45. The number of carbonyl (C=O) groups is 1. The lowest BCUT2D eigenvalue weighted by Crippen LogP contribution is -2.32. The molecule has 1 amide bonds. The summed E-state index contributed by atoms with van der Waals surface area (Å²) in [5, 5.41) is 10.1. The third-order valence-electron chi connectivity index (χ3n) is 3.83. The molecule has 0 fully saturated rings. The third-order valence-corrected chi connectivity index (χ3v) is 3.83. The molecular weight excluding hydrogens is 262 g/mol. The maximum Gasteiger partial charge on any atom is 0.210 e. The van der Waals surface area contributed by atoms with Gasteiger partial charge in [0, 0.05) is 12.6 Å². The molecule has 0 bridgehead atoms. The predicted molar refractivity (Wildman–Crippen MR) is 86.8 cm³/mol. The van der Waals surface area contributed by atoms with Crippen molar-refractivity contribution in [3.8, 4) is 0 Å². The van der Waals surface area contributed by atoms with Crippen LogP contribution in [-0.2, 0) is 11.3 Å². The van der Waals surface area contributed by atoms with Gasteiger partial charge in [-0.3, -0.25) is 4.79 Å². The molecule has 2 atom stereocenters. The van der Waals surface area contributed by atoms with Crippen LogP contribution >= 0.6 is 0 Å². The first-order chi connectivity index (χ1) is 9.98. The van der Waals surface area contributed by atoms with Crippen molar-refractivity contribution in [3.05, 3.63) is 48.6 Å². The fourth-order valence-electron chi connectivity index (χ4n) is 2.45. The first-order valence-corrected chi connectivity index (χ1v) is 7.57. The zero-order chi connectivity index (χ0) is 15.7. The first kappa shape index (κ1) is 17.4. The SMILES string of the molecule is C=CC[C@@](C)(O)CCC[C@@H](C)N(C=O)Cc1ccccc1. The summed E-state index contributed by atoms with van der Waals surface area (Å²) in [6.07, 6.45) is 5.76. The second kappa shape index (κ2) is 8.63. The van der Waals surface area contributed by atoms with Crippen molar-refractivity contribution in [2.45, 2.75) is 57.7 Å². The normalized spacial score (nSPS) is 15.0. The summed E-state index contributed by atoms with van der Waals surface area (Å²) in [5.74, 6) is 0. The van der Waals surface area contributed by atoms with Gasteiger partial charge >= 0.3 is 0 Å². The van der Waals surface area contributed by atoms with Gasteiger partial charge in [-0.15, -0.1) is 6.58 Å². The number of carbonyl (C=O) groups excluding carboxylic acids is 1. The van der Waals surface area contributed by atoms with Gasteiger partial charge in [-0.1, -0.05) is 36.4 Å². The van der Waals surface area contributed by atoms with E-state index in [0.29, 0.717) is 13.0 Å². The number of rotatable bonds is 10. The van der Waals surface area contributed by atoms with Crippen LogP contribution in [0.4, 0.5) is 0 Å². The maximum atomic E-state index is 11.3. The van der Waals surface area contributed by atoms with Gasteiger partial charge in [0.1, 0.15) is 0 Å². The van der Waals surface area contributed by atoms with Crippen LogP contribution in [0.2, 0.25) is 0 Å². The molecule has 0 radical (unpaired) electrons. The molecule has 0 aliphatic rings. The van der Waals surface area contributed by atoms with Crippen LogP contribution in [0.5, 0.6) is 0 Å². The smallest absolute Gasteiger partial charge is 0.210 e. The van der Waals surface area contributed by atoms with Crippen molar-refractivity contribution in [3.63, 3.8) is 0 Å². The summed E-state index contributed by atoms with van der Waals surface area (Å²) in [6.45, 7) is 8.19. The van der Waals surface area contributed by atoms with Gasteiger partial charge in [-0.05, 0) is 45.1 Å². The Balaban J connectivity index is 2.43. The number of aliphatic hydroxyl groups is 1. The van der Waals surface area contributed by atoms with Crippen molar-refractivity contribution < 1.29 is 9.90 Å². The molecule has 21 heavy (non-hydrogen) atoms. The Bertz CT molecular complexity index is 428. The molecule has 0 spiro atoms. The Labute approximate surface area is 128 Å². The van der Waals surface area contributed by atoms with Crippen molar-refractivity contribution >= 4 is 6.41 Å². The number of hydrogen-bond acceptors (Lipinski definition) is 2. The average molecular weight is 289 g/mol. The van der Waals surface area contributed by atoms with E-state index in [0.717, 1.165) is 31.2 Å². The Morgan fingerprint density at radius 3 is 2.62 bits per heavy atom. The van der Waals surface area contributed by atoms with E-state index in [2.05, 4.69) is 13.5 Å². The van der Waals surface area contributed by atoms with Gasteiger partial charge in [0.2, 0.25) is 6.41 Å². The van der Waals surface area contributed by atoms with Crippen LogP contribution in [0, 0.1) is 0 Å². The van der Waals surface area contributed by atoms with Gasteiger partial charge in [-0.25, -0.2) is 0 Å². The molecule has 1 N–H and O–H groups in total. The van der Waals surface area contributed by atoms with Crippen LogP contribution in [0.15, 0.2) is 43.0 Å². The highest BCUT2D eigenvalue weighted by molar-refractivity contribution is 5.48. The van der Waals surface area contributed by atoms with Gasteiger partial charge < -0.3 is 10.0 Å². The van der Waals surface area contributed by atoms with E-state index in [1.807, 2.05) is 42.2 Å². The molecule has 3 heteroatoms. The highest BCUT2D eigenvalue weighted by Crippen LogP contribution is 2.20. The molecular formula is C18H27NO2. The first-order valence-electron chi connectivity index (χ1n) is 7.57. The summed E-state index contributed by atoms with van der Waals surface area (Å²) >= 11 is 0. The minimum atomic E-state index is -0.688. The van der Waals surface area contributed by atoms with Crippen LogP contribution in [-0.4, -0.2) is 28.1 Å². The zero-order valence-electron chi connectivity index (χ0n) is 13.2. The van der Waals surface area contributed by atoms with Crippen LogP contribution < -0.4 is 0 Å². The standard InChI is InChI=1S/C18H27NO2/c1-4-12-18(3,21)13-8-9-16(2)19(15-20)14-17-10-6-5-7-11-17/h4-7,10-11,15-16,21H,1,8-9,12-14H2,2-3H3/t16-,18-/m1/s1. The molecule has 116 valence electrons. The van der Waals surface area contributed by atoms with E-state index in [1.54, 1.807) is 6.08 Å². The molecule has 3 nitrogen and oxygen atoms in total. The Hall–Kier alpha value is -1.61. The van der Waals surface area contributed by atoms with Crippen molar-refractivity contribution in [1.29, 1.82) is 0 Å². The second-order valence-corrected chi connectivity index (χ2v) is 5.99. The van der Waals surface area contributed by atoms with E-state index in [1.165, 1.54) is 0 Å². The van der Waals surface area contributed by atoms with Crippen LogP contribution in [0.1, 0.15) is 45.1 Å². The maximum absolute atomic E-state index is 11.3. The molecule has 0 aromatic heterocycles. The molecule has 0 aliphatic carbocycles. The van der Waals surface area contributed by atoms with Gasteiger partial charge in [0.25, 0.3) is 0 Å². The number of hydrogen-bond donors (Lipinski definition) is 1. The number of benzene rings is 1. The quantitative estimate of drug-likeness (QED) is 0.529. The van der Waals surface area contributed by atoms with E-state index < -0.39 is 5.60 Å². The van der Waals surface area contributed by atoms with E-state index >= 15 is 0 Å². The predicted octanol–water partition coefficient (Wildman–Crippen LogP) is 3.53. The van der Waals surface area contributed by atoms with Crippen LogP contribution in [0.25, 0.3) is 0 Å². The summed E-state index contributed by atoms with van der Waals surface area (Å²) in [4.78, 5) is 13.1. The molecule has 0 saturated carbocycles. The summed E-state index contributed by atoms with van der Waals surface area (Å²) < 4.78 is 0. The van der Waals surface area contributed by atoms with Gasteiger partial charge in [-0.2, -0.15) is 0 Å². The van der Waals surface area contributed by atoms with Crippen LogP contribution in [0.3, 0.4) is 0 Å². The van der Waals surface area contributed by atoms with E-state index in [-0.39, 0.29) is 6.04 Å². The lowest BCUT2D eigenvalue weighted by Gasteiger charge is -2.27.